The monoisotopic (exact) mass is 305 g/mol. The van der Waals surface area contributed by atoms with E-state index in [0.717, 1.165) is 30.7 Å². The van der Waals surface area contributed by atoms with Gasteiger partial charge in [-0.25, -0.2) is 0 Å². The number of hydrogen-bond donors (Lipinski definition) is 0. The molecular formula is C14H19N5OS. The molecule has 0 spiro atoms. The SMILES string of the molecule is CC[C@H]1CCCCN1C(=O)Cn1nnc(-c2cccs2)n1. The summed E-state index contributed by atoms with van der Waals surface area (Å²) < 4.78 is 0. The summed E-state index contributed by atoms with van der Waals surface area (Å²) in [7, 11) is 0. The Kier molecular flexibility index (Phi) is 4.28. The van der Waals surface area contributed by atoms with Crippen molar-refractivity contribution in [3.8, 4) is 10.7 Å². The van der Waals surface area contributed by atoms with Crippen LogP contribution in [0.1, 0.15) is 32.6 Å². The molecule has 7 heteroatoms. The third-order valence-corrected chi connectivity index (χ3v) is 4.76. The molecule has 1 aliphatic rings. The lowest BCUT2D eigenvalue weighted by atomic mass is 10.00. The van der Waals surface area contributed by atoms with E-state index in [0.29, 0.717) is 11.9 Å². The molecule has 2 aromatic rings. The van der Waals surface area contributed by atoms with E-state index in [1.54, 1.807) is 11.3 Å². The van der Waals surface area contributed by atoms with E-state index in [4.69, 9.17) is 0 Å². The second kappa shape index (κ2) is 6.34. The summed E-state index contributed by atoms with van der Waals surface area (Å²) in [6.45, 7) is 3.16. The summed E-state index contributed by atoms with van der Waals surface area (Å²) in [6, 6.07) is 4.27. The number of hydrogen-bond acceptors (Lipinski definition) is 5. The van der Waals surface area contributed by atoms with Gasteiger partial charge in [0, 0.05) is 12.6 Å². The molecule has 1 amide bonds. The Morgan fingerprint density at radius 1 is 1.48 bits per heavy atom. The van der Waals surface area contributed by atoms with Gasteiger partial charge in [0.15, 0.2) is 0 Å². The zero-order chi connectivity index (χ0) is 14.7. The van der Waals surface area contributed by atoms with Crippen LogP contribution in [-0.2, 0) is 11.3 Å². The molecule has 1 saturated heterocycles. The molecule has 0 N–H and O–H groups in total. The molecule has 0 unspecified atom stereocenters. The van der Waals surface area contributed by atoms with Gasteiger partial charge in [0.2, 0.25) is 11.7 Å². The number of amides is 1. The average molecular weight is 305 g/mol. The molecule has 2 aromatic heterocycles. The number of carbonyl (C=O) groups excluding carboxylic acids is 1. The number of aromatic nitrogens is 4. The molecule has 0 radical (unpaired) electrons. The van der Waals surface area contributed by atoms with Gasteiger partial charge in [-0.15, -0.1) is 21.5 Å². The fourth-order valence-electron chi connectivity index (χ4n) is 2.78. The van der Waals surface area contributed by atoms with Crippen molar-refractivity contribution >= 4 is 17.2 Å². The van der Waals surface area contributed by atoms with Crippen LogP contribution in [0.2, 0.25) is 0 Å². The van der Waals surface area contributed by atoms with E-state index in [9.17, 15) is 4.79 Å². The number of thiophene rings is 1. The largest absolute Gasteiger partial charge is 0.338 e. The summed E-state index contributed by atoms with van der Waals surface area (Å²) >= 11 is 1.57. The van der Waals surface area contributed by atoms with Crippen LogP contribution < -0.4 is 0 Å². The summed E-state index contributed by atoms with van der Waals surface area (Å²) in [5, 5.41) is 14.3. The molecule has 0 aliphatic carbocycles. The van der Waals surface area contributed by atoms with Crippen LogP contribution in [0.5, 0.6) is 0 Å². The van der Waals surface area contributed by atoms with Gasteiger partial charge in [-0.05, 0) is 42.3 Å². The predicted molar refractivity (Wildman–Crippen MR) is 80.8 cm³/mol. The summed E-state index contributed by atoms with van der Waals surface area (Å²) in [6.07, 6.45) is 4.42. The smallest absolute Gasteiger partial charge is 0.246 e. The van der Waals surface area contributed by atoms with E-state index < -0.39 is 0 Å². The maximum Gasteiger partial charge on any atom is 0.246 e. The van der Waals surface area contributed by atoms with Crippen LogP contribution in [0.4, 0.5) is 0 Å². The Morgan fingerprint density at radius 2 is 2.38 bits per heavy atom. The molecule has 0 bridgehead atoms. The Morgan fingerprint density at radius 3 is 3.14 bits per heavy atom. The minimum absolute atomic E-state index is 0.0941. The highest BCUT2D eigenvalue weighted by molar-refractivity contribution is 7.13. The normalized spacial score (nSPS) is 18.9. The topological polar surface area (TPSA) is 63.9 Å². The highest BCUT2D eigenvalue weighted by atomic mass is 32.1. The maximum absolute atomic E-state index is 12.4. The Hall–Kier alpha value is -1.76. The van der Waals surface area contributed by atoms with Gasteiger partial charge in [0.05, 0.1) is 4.88 Å². The van der Waals surface area contributed by atoms with Crippen molar-refractivity contribution in [3.05, 3.63) is 17.5 Å². The number of tetrazole rings is 1. The van der Waals surface area contributed by atoms with Gasteiger partial charge in [-0.1, -0.05) is 13.0 Å². The minimum atomic E-state index is 0.0941. The van der Waals surface area contributed by atoms with Crippen LogP contribution in [0.15, 0.2) is 17.5 Å². The van der Waals surface area contributed by atoms with Crippen molar-refractivity contribution in [2.45, 2.75) is 45.2 Å². The van der Waals surface area contributed by atoms with Crippen molar-refractivity contribution in [1.29, 1.82) is 0 Å². The van der Waals surface area contributed by atoms with Gasteiger partial charge < -0.3 is 4.90 Å². The first kappa shape index (κ1) is 14.2. The number of likely N-dealkylation sites (tertiary alicyclic amines) is 1. The zero-order valence-corrected chi connectivity index (χ0v) is 12.9. The Balaban J connectivity index is 1.67. The predicted octanol–water partition coefficient (Wildman–Crippen LogP) is 2.19. The second-order valence-corrected chi connectivity index (χ2v) is 6.21. The second-order valence-electron chi connectivity index (χ2n) is 5.27. The quantitative estimate of drug-likeness (QED) is 0.868. The van der Waals surface area contributed by atoms with Crippen LogP contribution in [0, 0.1) is 0 Å². The van der Waals surface area contributed by atoms with Gasteiger partial charge in [0.25, 0.3) is 0 Å². The van der Waals surface area contributed by atoms with E-state index in [1.165, 1.54) is 11.2 Å². The van der Waals surface area contributed by atoms with Crippen LogP contribution in [0.3, 0.4) is 0 Å². The van der Waals surface area contributed by atoms with E-state index in [1.807, 2.05) is 22.4 Å². The first-order valence-corrected chi connectivity index (χ1v) is 8.27. The zero-order valence-electron chi connectivity index (χ0n) is 12.1. The van der Waals surface area contributed by atoms with Crippen LogP contribution >= 0.6 is 11.3 Å². The highest BCUT2D eigenvalue weighted by Crippen LogP contribution is 2.21. The molecule has 1 aliphatic heterocycles. The van der Waals surface area contributed by atoms with Gasteiger partial charge >= 0.3 is 0 Å². The molecular weight excluding hydrogens is 286 g/mol. The van der Waals surface area contributed by atoms with Gasteiger partial charge in [-0.3, -0.25) is 4.79 Å². The molecule has 21 heavy (non-hydrogen) atoms. The molecule has 0 aromatic carbocycles. The lowest BCUT2D eigenvalue weighted by Gasteiger charge is -2.35. The maximum atomic E-state index is 12.4. The molecule has 3 heterocycles. The van der Waals surface area contributed by atoms with Crippen LogP contribution in [0.25, 0.3) is 10.7 Å². The standard InChI is InChI=1S/C14H19N5OS/c1-2-11-6-3-4-8-18(11)13(20)10-19-16-14(15-17-19)12-7-5-9-21-12/h5,7,9,11H,2-4,6,8,10H2,1H3/t11-/m0/s1. The first-order chi connectivity index (χ1) is 10.3. The number of nitrogens with zero attached hydrogens (tertiary/aromatic N) is 5. The number of rotatable bonds is 4. The summed E-state index contributed by atoms with van der Waals surface area (Å²) in [5.41, 5.74) is 0. The average Bonchev–Trinajstić information content (AvgIpc) is 3.17. The lowest BCUT2D eigenvalue weighted by molar-refractivity contribution is -0.136. The van der Waals surface area contributed by atoms with Gasteiger partial charge in [0.1, 0.15) is 6.54 Å². The Labute approximate surface area is 127 Å². The molecule has 1 atom stereocenters. The number of piperidine rings is 1. The molecule has 6 nitrogen and oxygen atoms in total. The molecule has 0 saturated carbocycles. The molecule has 1 fully saturated rings. The Bertz CT molecular complexity index is 594. The van der Waals surface area contributed by atoms with Crippen molar-refractivity contribution in [2.75, 3.05) is 6.54 Å². The highest BCUT2D eigenvalue weighted by Gasteiger charge is 2.25. The molecule has 3 rings (SSSR count). The fourth-order valence-corrected chi connectivity index (χ4v) is 3.43. The summed E-state index contributed by atoms with van der Waals surface area (Å²) in [5.74, 6) is 0.681. The van der Waals surface area contributed by atoms with Crippen molar-refractivity contribution < 1.29 is 4.79 Å². The van der Waals surface area contributed by atoms with Crippen LogP contribution in [-0.4, -0.2) is 43.6 Å². The fraction of sp³-hybridized carbons (Fsp3) is 0.571. The lowest BCUT2D eigenvalue weighted by Crippen LogP contribution is -2.45. The van der Waals surface area contributed by atoms with Gasteiger partial charge in [-0.2, -0.15) is 4.80 Å². The van der Waals surface area contributed by atoms with E-state index >= 15 is 0 Å². The minimum Gasteiger partial charge on any atom is -0.338 e. The van der Waals surface area contributed by atoms with Crippen molar-refractivity contribution in [3.63, 3.8) is 0 Å². The third kappa shape index (κ3) is 3.12. The summed E-state index contributed by atoms with van der Waals surface area (Å²) in [4.78, 5) is 16.8. The number of carbonyl (C=O) groups is 1. The van der Waals surface area contributed by atoms with E-state index in [2.05, 4.69) is 22.3 Å². The third-order valence-electron chi connectivity index (χ3n) is 3.89. The first-order valence-electron chi connectivity index (χ1n) is 7.39. The van der Waals surface area contributed by atoms with E-state index in [-0.39, 0.29) is 12.5 Å². The molecule has 112 valence electrons. The van der Waals surface area contributed by atoms with Crippen molar-refractivity contribution in [2.24, 2.45) is 0 Å². The van der Waals surface area contributed by atoms with Crippen molar-refractivity contribution in [1.82, 2.24) is 25.1 Å².